The van der Waals surface area contributed by atoms with Crippen LogP contribution >= 0.6 is 22.9 Å². The summed E-state index contributed by atoms with van der Waals surface area (Å²) in [5, 5.41) is 23.3. The number of carbonyl (C=O) groups is 2. The number of ketones is 1. The molecule has 1 atom stereocenters. The Balaban J connectivity index is 1.53. The highest BCUT2D eigenvalue weighted by Crippen LogP contribution is 2.45. The van der Waals surface area contributed by atoms with Crippen LogP contribution in [0, 0.1) is 10.1 Å². The van der Waals surface area contributed by atoms with Crippen LogP contribution in [0.25, 0.3) is 16.0 Å². The van der Waals surface area contributed by atoms with E-state index in [0.29, 0.717) is 45.5 Å². The van der Waals surface area contributed by atoms with Crippen LogP contribution in [0.1, 0.15) is 17.2 Å². The second kappa shape index (κ2) is 9.12. The minimum Gasteiger partial charge on any atom is -0.507 e. The molecule has 0 saturated carbocycles. The van der Waals surface area contributed by atoms with Gasteiger partial charge in [-0.25, -0.2) is 4.98 Å². The summed E-state index contributed by atoms with van der Waals surface area (Å²) < 4.78 is 11.8. The van der Waals surface area contributed by atoms with E-state index in [0.717, 1.165) is 11.3 Å². The summed E-state index contributed by atoms with van der Waals surface area (Å²) in [5.74, 6) is -1.34. The lowest BCUT2D eigenvalue weighted by atomic mass is 9.95. The van der Waals surface area contributed by atoms with E-state index in [1.54, 1.807) is 30.3 Å². The summed E-state index contributed by atoms with van der Waals surface area (Å²) >= 11 is 7.27. The van der Waals surface area contributed by atoms with Crippen LogP contribution in [0.15, 0.2) is 66.2 Å². The fourth-order valence-corrected chi connectivity index (χ4v) is 5.73. The first-order valence-corrected chi connectivity index (χ1v) is 12.5. The Labute approximate surface area is 223 Å². The van der Waals surface area contributed by atoms with Crippen molar-refractivity contribution in [1.29, 1.82) is 0 Å². The molecule has 1 fully saturated rings. The molecule has 1 amide bonds. The smallest absolute Gasteiger partial charge is 0.301 e. The third-order valence-corrected chi connectivity index (χ3v) is 7.48. The molecule has 3 aromatic carbocycles. The van der Waals surface area contributed by atoms with Crippen molar-refractivity contribution < 1.29 is 29.1 Å². The van der Waals surface area contributed by atoms with E-state index in [4.69, 9.17) is 21.1 Å². The van der Waals surface area contributed by atoms with Crippen molar-refractivity contribution in [2.75, 3.05) is 18.1 Å². The van der Waals surface area contributed by atoms with Gasteiger partial charge in [0, 0.05) is 22.7 Å². The van der Waals surface area contributed by atoms with Crippen LogP contribution in [0.5, 0.6) is 11.5 Å². The van der Waals surface area contributed by atoms with Gasteiger partial charge in [-0.15, -0.1) is 0 Å². The van der Waals surface area contributed by atoms with E-state index in [1.165, 1.54) is 35.2 Å². The quantitative estimate of drug-likeness (QED) is 0.120. The van der Waals surface area contributed by atoms with E-state index in [9.17, 15) is 24.8 Å². The van der Waals surface area contributed by atoms with Crippen LogP contribution in [0.2, 0.25) is 5.02 Å². The molecule has 0 unspecified atom stereocenters. The van der Waals surface area contributed by atoms with Crippen molar-refractivity contribution in [2.45, 2.75) is 6.04 Å². The van der Waals surface area contributed by atoms with Crippen molar-refractivity contribution in [3.05, 3.63) is 92.5 Å². The molecular weight excluding hydrogens is 534 g/mol. The number of Topliss-reactive ketones (excluding diaryl/α,β-unsaturated/α-hetero) is 1. The number of benzene rings is 3. The average Bonchev–Trinajstić information content (AvgIpc) is 3.45. The first-order chi connectivity index (χ1) is 18.3. The molecule has 38 heavy (non-hydrogen) atoms. The van der Waals surface area contributed by atoms with Gasteiger partial charge in [0.15, 0.2) is 16.6 Å². The number of amides is 1. The fourth-order valence-electron chi connectivity index (χ4n) is 4.46. The number of aliphatic hydroxyl groups excluding tert-OH is 1. The molecule has 190 valence electrons. The van der Waals surface area contributed by atoms with Gasteiger partial charge in [-0.3, -0.25) is 24.6 Å². The van der Waals surface area contributed by atoms with Gasteiger partial charge in [0.2, 0.25) is 0 Å². The molecule has 1 saturated heterocycles. The zero-order valence-corrected chi connectivity index (χ0v) is 20.9. The van der Waals surface area contributed by atoms with Crippen molar-refractivity contribution in [2.24, 2.45) is 0 Å². The van der Waals surface area contributed by atoms with Crippen molar-refractivity contribution in [1.82, 2.24) is 4.98 Å². The Bertz CT molecular complexity index is 1680. The van der Waals surface area contributed by atoms with Crippen molar-refractivity contribution in [3.8, 4) is 11.5 Å². The lowest BCUT2D eigenvalue weighted by molar-refractivity contribution is -0.384. The highest BCUT2D eigenvalue weighted by molar-refractivity contribution is 7.22. The Morgan fingerprint density at radius 2 is 1.79 bits per heavy atom. The number of anilines is 1. The van der Waals surface area contributed by atoms with E-state index in [1.807, 2.05) is 0 Å². The minimum absolute atomic E-state index is 0.160. The Morgan fingerprint density at radius 1 is 1.05 bits per heavy atom. The number of hydrogen-bond donors (Lipinski definition) is 1. The van der Waals surface area contributed by atoms with Gasteiger partial charge < -0.3 is 14.6 Å². The predicted molar refractivity (Wildman–Crippen MR) is 140 cm³/mol. The van der Waals surface area contributed by atoms with Gasteiger partial charge in [0.25, 0.3) is 11.5 Å². The molecule has 3 heterocycles. The molecule has 4 aromatic rings. The number of non-ortho nitro benzene ring substituents is 1. The van der Waals surface area contributed by atoms with Gasteiger partial charge >= 0.3 is 5.91 Å². The molecule has 2 aliphatic heterocycles. The maximum Gasteiger partial charge on any atom is 0.301 e. The number of rotatable bonds is 4. The molecule has 0 radical (unpaired) electrons. The zero-order valence-electron chi connectivity index (χ0n) is 19.3. The van der Waals surface area contributed by atoms with Crippen LogP contribution < -0.4 is 14.4 Å². The van der Waals surface area contributed by atoms with Gasteiger partial charge in [0.1, 0.15) is 19.0 Å². The number of nitrogens with zero attached hydrogens (tertiary/aromatic N) is 3. The number of aromatic nitrogens is 1. The molecule has 6 rings (SSSR count). The SMILES string of the molecule is O=C1C(=O)N(c2nc3ccc(Cl)cc3s2)[C@@H](c2ccc([N+](=O)[O-])cc2)/C1=C(\O)c1ccc2c(c1)OCCO2. The van der Waals surface area contributed by atoms with Crippen molar-refractivity contribution in [3.63, 3.8) is 0 Å². The van der Waals surface area contributed by atoms with E-state index in [2.05, 4.69) is 4.98 Å². The summed E-state index contributed by atoms with van der Waals surface area (Å²) in [5.41, 5.74) is 0.858. The van der Waals surface area contributed by atoms with Crippen LogP contribution in [-0.2, 0) is 9.59 Å². The normalized spacial score (nSPS) is 18.2. The molecular formula is C26H16ClN3O7S. The molecule has 10 nitrogen and oxygen atoms in total. The topological polar surface area (TPSA) is 132 Å². The number of hydrogen-bond acceptors (Lipinski definition) is 9. The average molecular weight is 550 g/mol. The number of nitro benzene ring substituents is 1. The number of ether oxygens (including phenoxy) is 2. The van der Waals surface area contributed by atoms with Gasteiger partial charge in [-0.1, -0.05) is 22.9 Å². The van der Waals surface area contributed by atoms with Gasteiger partial charge in [-0.05, 0) is 54.1 Å². The number of nitro groups is 1. The van der Waals surface area contributed by atoms with Crippen LogP contribution in [0.4, 0.5) is 10.8 Å². The molecule has 1 N–H and O–H groups in total. The molecule has 0 aliphatic carbocycles. The first kappa shape index (κ1) is 23.9. The first-order valence-electron chi connectivity index (χ1n) is 11.3. The zero-order chi connectivity index (χ0) is 26.6. The lowest BCUT2D eigenvalue weighted by Gasteiger charge is -2.23. The number of thiazole rings is 1. The highest BCUT2D eigenvalue weighted by Gasteiger charge is 2.48. The lowest BCUT2D eigenvalue weighted by Crippen LogP contribution is -2.29. The van der Waals surface area contributed by atoms with Crippen LogP contribution in [-0.4, -0.2) is 39.9 Å². The standard InChI is InChI=1S/C26H16ClN3O7S/c27-15-4-7-17-20(12-15)38-26(28-17)29-22(13-1-5-16(6-2-13)30(34)35)21(24(32)25(29)33)23(31)14-3-8-18-19(11-14)37-10-9-36-18/h1-8,11-12,22,31H,9-10H2/b23-21+/t22-/m0/s1. The molecule has 0 bridgehead atoms. The van der Waals surface area contributed by atoms with E-state index >= 15 is 0 Å². The minimum atomic E-state index is -1.10. The third kappa shape index (κ3) is 3.92. The third-order valence-electron chi connectivity index (χ3n) is 6.22. The second-order valence-electron chi connectivity index (χ2n) is 8.48. The van der Waals surface area contributed by atoms with E-state index in [-0.39, 0.29) is 22.0 Å². The van der Waals surface area contributed by atoms with Crippen LogP contribution in [0.3, 0.4) is 0 Å². The largest absolute Gasteiger partial charge is 0.507 e. The molecule has 1 aromatic heterocycles. The fraction of sp³-hybridized carbons (Fsp3) is 0.115. The Hall–Kier alpha value is -4.48. The summed E-state index contributed by atoms with van der Waals surface area (Å²) in [6.07, 6.45) is 0. The Morgan fingerprint density at radius 3 is 2.53 bits per heavy atom. The molecule has 2 aliphatic rings. The van der Waals surface area contributed by atoms with Crippen molar-refractivity contribution >= 4 is 61.4 Å². The summed E-state index contributed by atoms with van der Waals surface area (Å²) in [6, 6.07) is 14.1. The summed E-state index contributed by atoms with van der Waals surface area (Å²) in [4.78, 5) is 43.2. The highest BCUT2D eigenvalue weighted by atomic mass is 35.5. The van der Waals surface area contributed by atoms with Gasteiger partial charge in [-0.2, -0.15) is 0 Å². The molecule has 0 spiro atoms. The maximum absolute atomic E-state index is 13.4. The number of halogens is 1. The Kier molecular flexibility index (Phi) is 5.73. The monoisotopic (exact) mass is 549 g/mol. The number of carbonyl (C=O) groups excluding carboxylic acids is 2. The second-order valence-corrected chi connectivity index (χ2v) is 9.93. The molecule has 12 heteroatoms. The number of fused-ring (bicyclic) bond motifs is 2. The summed E-state index contributed by atoms with van der Waals surface area (Å²) in [6.45, 7) is 0.711. The number of aliphatic hydroxyl groups is 1. The van der Waals surface area contributed by atoms with Gasteiger partial charge in [0.05, 0.1) is 26.8 Å². The maximum atomic E-state index is 13.4. The summed E-state index contributed by atoms with van der Waals surface area (Å²) in [7, 11) is 0. The van der Waals surface area contributed by atoms with E-state index < -0.39 is 28.4 Å². The predicted octanol–water partition coefficient (Wildman–Crippen LogP) is 5.26.